The summed E-state index contributed by atoms with van der Waals surface area (Å²) >= 11 is 7.56. The molecular formula is C24H16Br2. The zero-order valence-electron chi connectivity index (χ0n) is 14.5. The van der Waals surface area contributed by atoms with Crippen LogP contribution in [0.1, 0.15) is 11.1 Å². The second-order valence-corrected chi connectivity index (χ2v) is 8.79. The van der Waals surface area contributed by atoms with Crippen LogP contribution in [0.15, 0.2) is 69.6 Å². The summed E-state index contributed by atoms with van der Waals surface area (Å²) in [4.78, 5) is 0. The summed E-state index contributed by atoms with van der Waals surface area (Å²) in [5.74, 6) is 0. The molecule has 5 aromatic rings. The maximum absolute atomic E-state index is 3.83. The van der Waals surface area contributed by atoms with E-state index >= 15 is 0 Å². The minimum absolute atomic E-state index is 1.15. The average molecular weight is 464 g/mol. The van der Waals surface area contributed by atoms with Crippen molar-refractivity contribution in [3.05, 3.63) is 80.7 Å². The molecular weight excluding hydrogens is 448 g/mol. The molecule has 0 aliphatic carbocycles. The second-order valence-electron chi connectivity index (χ2n) is 7.08. The van der Waals surface area contributed by atoms with Crippen LogP contribution in [0.2, 0.25) is 0 Å². The number of rotatable bonds is 1. The summed E-state index contributed by atoms with van der Waals surface area (Å²) in [6.07, 6.45) is 0. The molecule has 26 heavy (non-hydrogen) atoms. The van der Waals surface area contributed by atoms with Crippen molar-refractivity contribution < 1.29 is 0 Å². The van der Waals surface area contributed by atoms with E-state index in [2.05, 4.69) is 106 Å². The molecule has 0 saturated carbocycles. The van der Waals surface area contributed by atoms with E-state index in [1.165, 1.54) is 54.6 Å². The highest BCUT2D eigenvalue weighted by Gasteiger charge is 2.15. The molecule has 0 saturated heterocycles. The highest BCUT2D eigenvalue weighted by atomic mass is 79.9. The highest BCUT2D eigenvalue weighted by molar-refractivity contribution is 9.11. The van der Waals surface area contributed by atoms with Crippen LogP contribution in [-0.4, -0.2) is 0 Å². The maximum Gasteiger partial charge on any atom is 0.0260 e. The van der Waals surface area contributed by atoms with E-state index in [0.29, 0.717) is 0 Å². The fourth-order valence-electron chi connectivity index (χ4n) is 4.19. The summed E-state index contributed by atoms with van der Waals surface area (Å²) in [6, 6.07) is 22.4. The molecule has 5 aromatic carbocycles. The predicted octanol–water partition coefficient (Wildman–Crippen LogP) is 8.39. The molecule has 0 fully saturated rings. The normalized spacial score (nSPS) is 11.8. The van der Waals surface area contributed by atoms with Gasteiger partial charge in [-0.1, -0.05) is 91.5 Å². The van der Waals surface area contributed by atoms with Gasteiger partial charge in [0.15, 0.2) is 0 Å². The van der Waals surface area contributed by atoms with Crippen molar-refractivity contribution in [3.63, 3.8) is 0 Å². The van der Waals surface area contributed by atoms with Crippen LogP contribution >= 0.6 is 31.9 Å². The largest absolute Gasteiger partial charge is 0.0563 e. The molecule has 0 amide bonds. The molecule has 0 aliphatic rings. The summed E-state index contributed by atoms with van der Waals surface area (Å²) in [6.45, 7) is 4.33. The number of aryl methyl sites for hydroxylation is 2. The van der Waals surface area contributed by atoms with Crippen LogP contribution in [0, 0.1) is 13.8 Å². The van der Waals surface area contributed by atoms with Crippen molar-refractivity contribution in [2.24, 2.45) is 0 Å². The van der Waals surface area contributed by atoms with E-state index in [4.69, 9.17) is 0 Å². The van der Waals surface area contributed by atoms with E-state index in [1.54, 1.807) is 0 Å². The lowest BCUT2D eigenvalue weighted by Gasteiger charge is -2.17. The summed E-state index contributed by atoms with van der Waals surface area (Å²) in [5.41, 5.74) is 5.15. The minimum atomic E-state index is 1.15. The first kappa shape index (κ1) is 16.3. The fourth-order valence-corrected chi connectivity index (χ4v) is 5.21. The van der Waals surface area contributed by atoms with Crippen molar-refractivity contribution >= 4 is 64.2 Å². The molecule has 0 atom stereocenters. The first-order chi connectivity index (χ1) is 12.5. The van der Waals surface area contributed by atoms with Gasteiger partial charge in [-0.3, -0.25) is 0 Å². The SMILES string of the molecule is Cc1cc(C)cc(-c2cc(Br)c3ccc4ccc(Br)c5ccc2c3c45)c1. The third kappa shape index (κ3) is 2.32. The zero-order valence-corrected chi connectivity index (χ0v) is 17.7. The molecule has 0 aromatic heterocycles. The van der Waals surface area contributed by atoms with E-state index in [-0.39, 0.29) is 0 Å². The molecule has 2 heteroatoms. The van der Waals surface area contributed by atoms with Crippen LogP contribution in [0.25, 0.3) is 43.4 Å². The molecule has 0 N–H and O–H groups in total. The lowest BCUT2D eigenvalue weighted by Crippen LogP contribution is -1.90. The van der Waals surface area contributed by atoms with Gasteiger partial charge in [-0.2, -0.15) is 0 Å². The number of halogens is 2. The summed E-state index contributed by atoms with van der Waals surface area (Å²) in [7, 11) is 0. The molecule has 0 aliphatic heterocycles. The molecule has 0 spiro atoms. The van der Waals surface area contributed by atoms with Crippen molar-refractivity contribution in [3.8, 4) is 11.1 Å². The Hall–Kier alpha value is -1.90. The Morgan fingerprint density at radius 1 is 0.577 bits per heavy atom. The number of hydrogen-bond donors (Lipinski definition) is 0. The molecule has 0 unspecified atom stereocenters. The van der Waals surface area contributed by atoms with Gasteiger partial charge < -0.3 is 0 Å². The van der Waals surface area contributed by atoms with Crippen molar-refractivity contribution in [1.82, 2.24) is 0 Å². The molecule has 0 radical (unpaired) electrons. The lowest BCUT2D eigenvalue weighted by molar-refractivity contribution is 1.39. The summed E-state index contributed by atoms with van der Waals surface area (Å²) < 4.78 is 2.29. The first-order valence-corrected chi connectivity index (χ1v) is 10.3. The third-order valence-corrected chi connectivity index (χ3v) is 6.56. The molecule has 0 bridgehead atoms. The number of hydrogen-bond acceptors (Lipinski definition) is 0. The van der Waals surface area contributed by atoms with Crippen molar-refractivity contribution in [2.45, 2.75) is 13.8 Å². The minimum Gasteiger partial charge on any atom is -0.0563 e. The van der Waals surface area contributed by atoms with Gasteiger partial charge >= 0.3 is 0 Å². The van der Waals surface area contributed by atoms with Gasteiger partial charge in [-0.25, -0.2) is 0 Å². The predicted molar refractivity (Wildman–Crippen MR) is 120 cm³/mol. The van der Waals surface area contributed by atoms with Gasteiger partial charge in [0.2, 0.25) is 0 Å². The lowest BCUT2D eigenvalue weighted by atomic mass is 9.89. The first-order valence-electron chi connectivity index (χ1n) is 8.67. The zero-order chi connectivity index (χ0) is 18.0. The quantitative estimate of drug-likeness (QED) is 0.219. The van der Waals surface area contributed by atoms with Gasteiger partial charge in [0.1, 0.15) is 0 Å². The Morgan fingerprint density at radius 2 is 1.19 bits per heavy atom. The third-order valence-electron chi connectivity index (χ3n) is 5.21. The summed E-state index contributed by atoms with van der Waals surface area (Å²) in [5, 5.41) is 7.80. The highest BCUT2D eigenvalue weighted by Crippen LogP contribution is 2.44. The van der Waals surface area contributed by atoms with E-state index < -0.39 is 0 Å². The molecule has 0 nitrogen and oxygen atoms in total. The Kier molecular flexibility index (Phi) is 3.63. The van der Waals surface area contributed by atoms with Crippen molar-refractivity contribution in [1.29, 1.82) is 0 Å². The van der Waals surface area contributed by atoms with E-state index in [0.717, 1.165) is 8.95 Å². The Morgan fingerprint density at radius 3 is 1.96 bits per heavy atom. The molecule has 126 valence electrons. The Balaban J connectivity index is 2.02. The van der Waals surface area contributed by atoms with Gasteiger partial charge in [0, 0.05) is 8.95 Å². The van der Waals surface area contributed by atoms with Gasteiger partial charge in [-0.05, 0) is 69.4 Å². The molecule has 0 heterocycles. The van der Waals surface area contributed by atoms with Crippen LogP contribution in [-0.2, 0) is 0 Å². The molecule has 5 rings (SSSR count). The van der Waals surface area contributed by atoms with Gasteiger partial charge in [0.05, 0.1) is 0 Å². The van der Waals surface area contributed by atoms with Crippen LogP contribution in [0.3, 0.4) is 0 Å². The van der Waals surface area contributed by atoms with Gasteiger partial charge in [0.25, 0.3) is 0 Å². The van der Waals surface area contributed by atoms with Crippen LogP contribution in [0.5, 0.6) is 0 Å². The second kappa shape index (κ2) is 5.80. The fraction of sp³-hybridized carbons (Fsp3) is 0.0833. The van der Waals surface area contributed by atoms with Crippen LogP contribution < -0.4 is 0 Å². The monoisotopic (exact) mass is 462 g/mol. The number of benzene rings is 5. The van der Waals surface area contributed by atoms with E-state index in [9.17, 15) is 0 Å². The topological polar surface area (TPSA) is 0 Å². The average Bonchev–Trinajstić information content (AvgIpc) is 2.61. The Labute approximate surface area is 169 Å². The maximum atomic E-state index is 3.83. The van der Waals surface area contributed by atoms with Crippen LogP contribution in [0.4, 0.5) is 0 Å². The van der Waals surface area contributed by atoms with E-state index in [1.807, 2.05) is 0 Å². The Bertz CT molecular complexity index is 1290. The van der Waals surface area contributed by atoms with Crippen molar-refractivity contribution in [2.75, 3.05) is 0 Å². The van der Waals surface area contributed by atoms with Gasteiger partial charge in [-0.15, -0.1) is 0 Å². The smallest absolute Gasteiger partial charge is 0.0260 e. The standard InChI is InChI=1S/C24H16Br2/c1-13-9-14(2)11-16(10-13)20-12-22(26)19-5-3-15-4-8-21(25)18-7-6-17(20)24(19)23(15)18/h3-12H,1-2H3.